The number of fused-ring (bicyclic) bond motifs is 2. The van der Waals surface area contributed by atoms with Crippen molar-refractivity contribution in [3.8, 4) is 0 Å². The van der Waals surface area contributed by atoms with Crippen molar-refractivity contribution in [3.05, 3.63) is 35.4 Å². The molecule has 2 amide bonds. The van der Waals surface area contributed by atoms with Gasteiger partial charge in [-0.15, -0.1) is 0 Å². The third kappa shape index (κ3) is 1.49. The number of carbonyl (C=O) groups is 2. The molecule has 0 spiro atoms. The molecule has 0 radical (unpaired) electrons. The molecule has 0 unspecified atom stereocenters. The first-order valence-corrected chi connectivity index (χ1v) is 6.89. The number of nitrogens with zero attached hydrogens (tertiary/aromatic N) is 1. The van der Waals surface area contributed by atoms with Crippen LogP contribution in [0.4, 0.5) is 0 Å². The van der Waals surface area contributed by atoms with Crippen LogP contribution in [0.15, 0.2) is 24.3 Å². The Hall–Kier alpha value is -1.68. The molecule has 2 fully saturated rings. The van der Waals surface area contributed by atoms with Gasteiger partial charge in [0.2, 0.25) is 0 Å². The zero-order valence-corrected chi connectivity index (χ0v) is 10.6. The fraction of sp³-hybridized carbons (Fsp3) is 0.467. The SMILES string of the molecule is N[C@H]1C[C@H]2C[C@H]2C[C@H]1N1C(=O)c2ccccc2C1=O. The van der Waals surface area contributed by atoms with E-state index in [1.54, 1.807) is 24.3 Å². The zero-order valence-electron chi connectivity index (χ0n) is 10.6. The summed E-state index contributed by atoms with van der Waals surface area (Å²) in [6.07, 6.45) is 3.05. The fourth-order valence-corrected chi connectivity index (χ4v) is 3.69. The van der Waals surface area contributed by atoms with E-state index in [9.17, 15) is 9.59 Å². The lowest BCUT2D eigenvalue weighted by atomic mass is 9.90. The standard InChI is InChI=1S/C15H16N2O2/c16-12-6-8-5-9(8)7-13(12)17-14(18)10-3-1-2-4-11(10)15(17)19/h1-4,8-9,12-13H,5-7,16H2/t8-,9+,12+,13-/m1/s1. The van der Waals surface area contributed by atoms with Crippen molar-refractivity contribution in [1.82, 2.24) is 4.90 Å². The summed E-state index contributed by atoms with van der Waals surface area (Å²) in [7, 11) is 0. The molecule has 0 saturated heterocycles. The summed E-state index contributed by atoms with van der Waals surface area (Å²) in [6, 6.07) is 6.87. The maximum absolute atomic E-state index is 12.4. The molecule has 1 aromatic rings. The van der Waals surface area contributed by atoms with Gasteiger partial charge in [-0.05, 0) is 43.2 Å². The molecule has 19 heavy (non-hydrogen) atoms. The van der Waals surface area contributed by atoms with Crippen LogP contribution in [-0.4, -0.2) is 28.8 Å². The van der Waals surface area contributed by atoms with Crippen LogP contribution in [0.3, 0.4) is 0 Å². The average Bonchev–Trinajstić information content (AvgIpc) is 3.11. The van der Waals surface area contributed by atoms with Crippen LogP contribution in [0.25, 0.3) is 0 Å². The molecule has 0 bridgehead atoms. The molecule has 4 heteroatoms. The average molecular weight is 256 g/mol. The highest BCUT2D eigenvalue weighted by atomic mass is 16.2. The van der Waals surface area contributed by atoms with E-state index in [1.807, 2.05) is 0 Å². The summed E-state index contributed by atoms with van der Waals surface area (Å²) in [5, 5.41) is 0. The van der Waals surface area contributed by atoms with Gasteiger partial charge in [0.1, 0.15) is 0 Å². The van der Waals surface area contributed by atoms with Gasteiger partial charge in [-0.3, -0.25) is 14.5 Å². The number of benzene rings is 1. The minimum Gasteiger partial charge on any atom is -0.326 e. The van der Waals surface area contributed by atoms with E-state index < -0.39 is 0 Å². The Bertz CT molecular complexity index is 548. The van der Waals surface area contributed by atoms with E-state index >= 15 is 0 Å². The Morgan fingerprint density at radius 1 is 0.947 bits per heavy atom. The normalized spacial score (nSPS) is 36.2. The molecule has 4 rings (SSSR count). The van der Waals surface area contributed by atoms with Gasteiger partial charge in [-0.2, -0.15) is 0 Å². The van der Waals surface area contributed by atoms with Gasteiger partial charge < -0.3 is 5.73 Å². The molecule has 98 valence electrons. The highest BCUT2D eigenvalue weighted by molar-refractivity contribution is 6.21. The molecule has 4 atom stereocenters. The Morgan fingerprint density at radius 3 is 2.16 bits per heavy atom. The van der Waals surface area contributed by atoms with E-state index in [0.717, 1.165) is 18.8 Å². The van der Waals surface area contributed by atoms with Crippen molar-refractivity contribution < 1.29 is 9.59 Å². The summed E-state index contributed by atoms with van der Waals surface area (Å²) in [5.74, 6) is 1.08. The second-order valence-corrected chi connectivity index (χ2v) is 5.98. The summed E-state index contributed by atoms with van der Waals surface area (Å²) in [4.78, 5) is 26.3. The van der Waals surface area contributed by atoms with Crippen LogP contribution >= 0.6 is 0 Å². The predicted molar refractivity (Wildman–Crippen MR) is 69.5 cm³/mol. The Kier molecular flexibility index (Phi) is 2.16. The van der Waals surface area contributed by atoms with Crippen molar-refractivity contribution in [2.75, 3.05) is 0 Å². The predicted octanol–water partition coefficient (Wildman–Crippen LogP) is 1.41. The maximum Gasteiger partial charge on any atom is 0.261 e. The lowest BCUT2D eigenvalue weighted by molar-refractivity contribution is 0.0520. The van der Waals surface area contributed by atoms with Crippen molar-refractivity contribution >= 4 is 11.8 Å². The second kappa shape index (κ2) is 3.67. The number of amides is 2. The van der Waals surface area contributed by atoms with E-state index in [2.05, 4.69) is 0 Å². The van der Waals surface area contributed by atoms with Gasteiger partial charge in [0, 0.05) is 6.04 Å². The first kappa shape index (κ1) is 11.2. The number of hydrogen-bond acceptors (Lipinski definition) is 3. The molecule has 2 saturated carbocycles. The number of nitrogens with two attached hydrogens (primary N) is 1. The topological polar surface area (TPSA) is 63.4 Å². The largest absolute Gasteiger partial charge is 0.326 e. The summed E-state index contributed by atoms with van der Waals surface area (Å²) in [5.41, 5.74) is 7.24. The van der Waals surface area contributed by atoms with Crippen molar-refractivity contribution in [2.45, 2.75) is 31.3 Å². The van der Waals surface area contributed by atoms with Gasteiger partial charge in [0.05, 0.1) is 17.2 Å². The number of carbonyl (C=O) groups excluding carboxylic acids is 2. The monoisotopic (exact) mass is 256 g/mol. The van der Waals surface area contributed by atoms with Crippen molar-refractivity contribution in [3.63, 3.8) is 0 Å². The van der Waals surface area contributed by atoms with Gasteiger partial charge in [-0.1, -0.05) is 12.1 Å². The first-order valence-electron chi connectivity index (χ1n) is 6.89. The molecular formula is C15H16N2O2. The lowest BCUT2D eigenvalue weighted by Gasteiger charge is -2.34. The van der Waals surface area contributed by atoms with Crippen LogP contribution in [-0.2, 0) is 0 Å². The first-order chi connectivity index (χ1) is 9.16. The maximum atomic E-state index is 12.4. The summed E-state index contributed by atoms with van der Waals surface area (Å²) in [6.45, 7) is 0. The molecule has 0 aromatic heterocycles. The van der Waals surface area contributed by atoms with Gasteiger partial charge in [0.25, 0.3) is 11.8 Å². The lowest BCUT2D eigenvalue weighted by Crippen LogP contribution is -2.52. The summed E-state index contributed by atoms with van der Waals surface area (Å²) < 4.78 is 0. The van der Waals surface area contributed by atoms with Crippen LogP contribution in [0, 0.1) is 11.8 Å². The van der Waals surface area contributed by atoms with Crippen LogP contribution in [0.1, 0.15) is 40.0 Å². The van der Waals surface area contributed by atoms with E-state index in [4.69, 9.17) is 5.73 Å². The van der Waals surface area contributed by atoms with Crippen LogP contribution < -0.4 is 5.73 Å². The Labute approximate surface area is 111 Å². The van der Waals surface area contributed by atoms with E-state index in [1.165, 1.54) is 11.3 Å². The minimum atomic E-state index is -0.167. The smallest absolute Gasteiger partial charge is 0.261 e. The zero-order chi connectivity index (χ0) is 13.1. The molecule has 4 nitrogen and oxygen atoms in total. The fourth-order valence-electron chi connectivity index (χ4n) is 3.69. The van der Waals surface area contributed by atoms with Crippen LogP contribution in [0.5, 0.6) is 0 Å². The summed E-state index contributed by atoms with van der Waals surface area (Å²) >= 11 is 0. The van der Waals surface area contributed by atoms with Crippen molar-refractivity contribution in [2.24, 2.45) is 17.6 Å². The molecule has 2 aliphatic carbocycles. The molecule has 2 N–H and O–H groups in total. The molecular weight excluding hydrogens is 240 g/mol. The third-order valence-electron chi connectivity index (χ3n) is 4.84. The number of hydrogen-bond donors (Lipinski definition) is 1. The van der Waals surface area contributed by atoms with Crippen LogP contribution in [0.2, 0.25) is 0 Å². The van der Waals surface area contributed by atoms with E-state index in [-0.39, 0.29) is 23.9 Å². The molecule has 1 heterocycles. The Balaban J connectivity index is 1.70. The molecule has 3 aliphatic rings. The second-order valence-electron chi connectivity index (χ2n) is 5.98. The Morgan fingerprint density at radius 2 is 1.53 bits per heavy atom. The quantitative estimate of drug-likeness (QED) is 0.773. The van der Waals surface area contributed by atoms with Gasteiger partial charge >= 0.3 is 0 Å². The highest BCUT2D eigenvalue weighted by Gasteiger charge is 2.51. The minimum absolute atomic E-state index is 0.0639. The number of imide groups is 1. The van der Waals surface area contributed by atoms with E-state index in [0.29, 0.717) is 17.0 Å². The van der Waals surface area contributed by atoms with Gasteiger partial charge in [0.15, 0.2) is 0 Å². The van der Waals surface area contributed by atoms with Crippen molar-refractivity contribution in [1.29, 1.82) is 0 Å². The number of rotatable bonds is 1. The molecule has 1 aliphatic heterocycles. The highest BCUT2D eigenvalue weighted by Crippen LogP contribution is 2.50. The third-order valence-corrected chi connectivity index (χ3v) is 4.84. The molecule has 1 aromatic carbocycles. The van der Waals surface area contributed by atoms with Gasteiger partial charge in [-0.25, -0.2) is 0 Å².